The first-order chi connectivity index (χ1) is 16.2. The number of urea groups is 1. The van der Waals surface area contributed by atoms with Crippen LogP contribution in [0.4, 0.5) is 20.6 Å². The van der Waals surface area contributed by atoms with E-state index in [0.29, 0.717) is 23.7 Å². The first-order valence-corrected chi connectivity index (χ1v) is 10.9. The van der Waals surface area contributed by atoms with Crippen LogP contribution in [0.2, 0.25) is 0 Å². The lowest BCUT2D eigenvalue weighted by molar-refractivity contribution is 0.162. The molecule has 1 atom stereocenters. The highest BCUT2D eigenvalue weighted by atomic mass is 19.1. The van der Waals surface area contributed by atoms with Gasteiger partial charge in [0.15, 0.2) is 11.5 Å². The number of hydrogen-bond acceptors (Lipinski definition) is 6. The van der Waals surface area contributed by atoms with Crippen molar-refractivity contribution < 1.29 is 23.1 Å². The zero-order valence-electron chi connectivity index (χ0n) is 18.0. The van der Waals surface area contributed by atoms with Crippen molar-refractivity contribution in [1.82, 2.24) is 10.2 Å². The molecule has 5 rings (SSSR count). The number of hydrogen-bond donors (Lipinski definition) is 2. The summed E-state index contributed by atoms with van der Waals surface area (Å²) in [5, 5.41) is 5.79. The monoisotopic (exact) mass is 452 g/mol. The van der Waals surface area contributed by atoms with E-state index in [1.165, 1.54) is 12.1 Å². The molecule has 2 N–H and O–H groups in total. The van der Waals surface area contributed by atoms with Crippen molar-refractivity contribution in [2.45, 2.75) is 6.04 Å². The highest BCUT2D eigenvalue weighted by Crippen LogP contribution is 2.34. The minimum absolute atomic E-state index is 0.0992. The number of fused-ring (bicyclic) bond motifs is 1. The molecule has 8 nitrogen and oxygen atoms in total. The zero-order valence-corrected chi connectivity index (χ0v) is 18.0. The largest absolute Gasteiger partial charge is 0.468 e. The molecule has 172 valence electrons. The van der Waals surface area contributed by atoms with Crippen molar-refractivity contribution in [3.05, 3.63) is 72.4 Å². The molecule has 0 spiro atoms. The van der Waals surface area contributed by atoms with Gasteiger partial charge in [-0.15, -0.1) is 0 Å². The summed E-state index contributed by atoms with van der Waals surface area (Å²) >= 11 is 0. The number of nitrogens with one attached hydrogen (secondary N) is 2. The molecule has 1 fully saturated rings. The predicted molar refractivity (Wildman–Crippen MR) is 121 cm³/mol. The first-order valence-electron chi connectivity index (χ1n) is 10.9. The van der Waals surface area contributed by atoms with E-state index in [1.807, 2.05) is 12.1 Å². The van der Waals surface area contributed by atoms with E-state index >= 15 is 0 Å². The van der Waals surface area contributed by atoms with Gasteiger partial charge in [-0.2, -0.15) is 0 Å². The molecule has 2 aromatic carbocycles. The second kappa shape index (κ2) is 9.41. The number of carbonyl (C=O) groups excluding carboxylic acids is 1. The molecule has 33 heavy (non-hydrogen) atoms. The van der Waals surface area contributed by atoms with Gasteiger partial charge >= 0.3 is 6.03 Å². The fraction of sp³-hybridized carbons (Fsp3) is 0.292. The summed E-state index contributed by atoms with van der Waals surface area (Å²) in [4.78, 5) is 17.1. The van der Waals surface area contributed by atoms with Gasteiger partial charge in [-0.25, -0.2) is 9.18 Å². The Morgan fingerprint density at radius 3 is 2.55 bits per heavy atom. The zero-order chi connectivity index (χ0) is 22.6. The lowest BCUT2D eigenvalue weighted by atomic mass is 10.1. The molecule has 3 heterocycles. The number of benzene rings is 2. The van der Waals surface area contributed by atoms with Crippen LogP contribution < -0.4 is 25.0 Å². The van der Waals surface area contributed by atoms with Gasteiger partial charge in [0.05, 0.1) is 12.3 Å². The molecule has 0 saturated carbocycles. The number of furan rings is 1. The van der Waals surface area contributed by atoms with E-state index in [2.05, 4.69) is 20.4 Å². The van der Waals surface area contributed by atoms with Gasteiger partial charge in [-0.05, 0) is 48.5 Å². The second-order valence-electron chi connectivity index (χ2n) is 7.93. The number of rotatable bonds is 6. The molecule has 2 aliphatic heterocycles. The quantitative estimate of drug-likeness (QED) is 0.592. The van der Waals surface area contributed by atoms with Gasteiger partial charge in [0.1, 0.15) is 11.6 Å². The summed E-state index contributed by atoms with van der Waals surface area (Å²) in [5.41, 5.74) is 1.63. The molecule has 1 saturated heterocycles. The summed E-state index contributed by atoms with van der Waals surface area (Å²) in [6.45, 7) is 3.74. The molecule has 2 amide bonds. The van der Waals surface area contributed by atoms with Crippen LogP contribution in [-0.2, 0) is 0 Å². The van der Waals surface area contributed by atoms with Gasteiger partial charge in [0.2, 0.25) is 6.79 Å². The lowest BCUT2D eigenvalue weighted by Gasteiger charge is -2.39. The average Bonchev–Trinajstić information content (AvgIpc) is 3.52. The van der Waals surface area contributed by atoms with Crippen molar-refractivity contribution in [2.24, 2.45) is 0 Å². The molecule has 0 bridgehead atoms. The summed E-state index contributed by atoms with van der Waals surface area (Å²) < 4.78 is 29.6. The molecule has 1 unspecified atom stereocenters. The van der Waals surface area contributed by atoms with E-state index in [0.717, 1.165) is 37.6 Å². The summed E-state index contributed by atoms with van der Waals surface area (Å²) in [5.74, 6) is 1.84. The average molecular weight is 452 g/mol. The van der Waals surface area contributed by atoms with Crippen molar-refractivity contribution in [2.75, 3.05) is 49.7 Å². The van der Waals surface area contributed by atoms with Gasteiger partial charge < -0.3 is 29.4 Å². The molecule has 3 aromatic rings. The maximum Gasteiger partial charge on any atom is 0.319 e. The standard InChI is InChI=1S/C24H25FN4O4/c25-17-3-6-19(7-4-17)28-9-11-29(12-10-28)20(21-2-1-13-31-21)15-26-24(30)27-18-5-8-22-23(14-18)33-16-32-22/h1-8,13-14,20H,9-12,15-16H2,(H2,26,27,30). The molecule has 0 aliphatic carbocycles. The number of piperazine rings is 1. The first kappa shape index (κ1) is 21.1. The topological polar surface area (TPSA) is 79.2 Å². The maximum atomic E-state index is 13.2. The fourth-order valence-electron chi connectivity index (χ4n) is 4.17. The van der Waals surface area contributed by atoms with Gasteiger partial charge in [-0.1, -0.05) is 0 Å². The smallest absolute Gasteiger partial charge is 0.319 e. The summed E-state index contributed by atoms with van der Waals surface area (Å²) in [6.07, 6.45) is 1.64. The fourth-order valence-corrected chi connectivity index (χ4v) is 4.17. The van der Waals surface area contributed by atoms with Crippen molar-refractivity contribution in [3.8, 4) is 11.5 Å². The third kappa shape index (κ3) is 4.88. The minimum atomic E-state index is -0.310. The predicted octanol–water partition coefficient (Wildman–Crippen LogP) is 3.83. The number of halogens is 1. The molecule has 1 aromatic heterocycles. The number of amides is 2. The summed E-state index contributed by atoms with van der Waals surface area (Å²) in [6, 6.07) is 15.2. The Kier molecular flexibility index (Phi) is 6.03. The molecule has 2 aliphatic rings. The van der Waals surface area contributed by atoms with Crippen LogP contribution in [0.15, 0.2) is 65.3 Å². The van der Waals surface area contributed by atoms with Crippen molar-refractivity contribution >= 4 is 17.4 Å². The molecule has 0 radical (unpaired) electrons. The van der Waals surface area contributed by atoms with E-state index in [4.69, 9.17) is 13.9 Å². The van der Waals surface area contributed by atoms with Crippen LogP contribution in [0.3, 0.4) is 0 Å². The number of ether oxygens (including phenoxy) is 2. The SMILES string of the molecule is O=C(NCC(c1ccco1)N1CCN(c2ccc(F)cc2)CC1)Nc1ccc2c(c1)OCO2. The Balaban J connectivity index is 1.19. The highest BCUT2D eigenvalue weighted by Gasteiger charge is 2.27. The van der Waals surface area contributed by atoms with E-state index in [1.54, 1.807) is 36.6 Å². The Morgan fingerprint density at radius 1 is 1.00 bits per heavy atom. The summed E-state index contributed by atoms with van der Waals surface area (Å²) in [7, 11) is 0. The van der Waals surface area contributed by atoms with Crippen LogP contribution in [0.5, 0.6) is 11.5 Å². The number of anilines is 2. The van der Waals surface area contributed by atoms with Gasteiger partial charge in [-0.3, -0.25) is 4.90 Å². The number of carbonyl (C=O) groups is 1. The molecular formula is C24H25FN4O4. The Labute approximate surface area is 190 Å². The van der Waals surface area contributed by atoms with Crippen LogP contribution in [0.1, 0.15) is 11.8 Å². The van der Waals surface area contributed by atoms with Crippen molar-refractivity contribution in [3.63, 3.8) is 0 Å². The molecule has 9 heteroatoms. The maximum absolute atomic E-state index is 13.2. The van der Waals surface area contributed by atoms with Crippen LogP contribution in [0.25, 0.3) is 0 Å². The lowest BCUT2D eigenvalue weighted by Crippen LogP contribution is -2.50. The Hall–Kier alpha value is -3.72. The highest BCUT2D eigenvalue weighted by molar-refractivity contribution is 5.89. The Bertz CT molecular complexity index is 1080. The van der Waals surface area contributed by atoms with E-state index in [-0.39, 0.29) is 24.7 Å². The third-order valence-electron chi connectivity index (χ3n) is 5.90. The third-order valence-corrected chi connectivity index (χ3v) is 5.90. The van der Waals surface area contributed by atoms with E-state index in [9.17, 15) is 9.18 Å². The Morgan fingerprint density at radius 2 is 1.79 bits per heavy atom. The van der Waals surface area contributed by atoms with Gasteiger partial charge in [0.25, 0.3) is 0 Å². The van der Waals surface area contributed by atoms with E-state index < -0.39 is 0 Å². The minimum Gasteiger partial charge on any atom is -0.468 e. The number of nitrogens with zero attached hydrogens (tertiary/aromatic N) is 2. The molecular weight excluding hydrogens is 427 g/mol. The van der Waals surface area contributed by atoms with Crippen molar-refractivity contribution in [1.29, 1.82) is 0 Å². The van der Waals surface area contributed by atoms with Crippen LogP contribution >= 0.6 is 0 Å². The van der Waals surface area contributed by atoms with Crippen LogP contribution in [-0.4, -0.2) is 50.4 Å². The van der Waals surface area contributed by atoms with Crippen LogP contribution in [0, 0.1) is 5.82 Å². The normalized spacial score (nSPS) is 16.5. The van der Waals surface area contributed by atoms with Gasteiger partial charge in [0, 0.05) is 50.2 Å². The second-order valence-corrected chi connectivity index (χ2v) is 7.93.